The number of rotatable bonds is 5. The molecule has 2 aromatic rings. The number of nitrogens with one attached hydrogen (secondary N) is 1. The highest BCUT2D eigenvalue weighted by Gasteiger charge is 2.41. The average molecular weight is 367 g/mol. The molecule has 3 fully saturated rings. The highest BCUT2D eigenvalue weighted by atomic mass is 16.5. The minimum Gasteiger partial charge on any atom is -0.381 e. The van der Waals surface area contributed by atoms with Gasteiger partial charge in [0.15, 0.2) is 0 Å². The third kappa shape index (κ3) is 3.94. The molecule has 2 aromatic heterocycles. The van der Waals surface area contributed by atoms with E-state index in [0.29, 0.717) is 0 Å². The molecular formula is C22H30N4O. The van der Waals surface area contributed by atoms with Gasteiger partial charge in [-0.1, -0.05) is 0 Å². The Balaban J connectivity index is 1.12. The van der Waals surface area contributed by atoms with E-state index in [2.05, 4.69) is 32.2 Å². The molecule has 1 aliphatic carbocycles. The largest absolute Gasteiger partial charge is 0.381 e. The van der Waals surface area contributed by atoms with E-state index in [4.69, 9.17) is 4.74 Å². The van der Waals surface area contributed by atoms with Gasteiger partial charge in [0, 0.05) is 50.8 Å². The number of ether oxygens (including phenoxy) is 1. The van der Waals surface area contributed by atoms with Crippen molar-refractivity contribution < 1.29 is 4.74 Å². The summed E-state index contributed by atoms with van der Waals surface area (Å²) < 4.78 is 5.51. The van der Waals surface area contributed by atoms with Gasteiger partial charge in [0.2, 0.25) is 0 Å². The Morgan fingerprint density at radius 2 is 1.81 bits per heavy atom. The molecule has 1 unspecified atom stereocenters. The monoisotopic (exact) mass is 366 g/mol. The van der Waals surface area contributed by atoms with Crippen LogP contribution in [0.1, 0.15) is 31.4 Å². The van der Waals surface area contributed by atoms with Crippen LogP contribution in [0.5, 0.6) is 0 Å². The Bertz CT molecular complexity index is 709. The molecule has 5 heteroatoms. The molecular weight excluding hydrogens is 336 g/mol. The van der Waals surface area contributed by atoms with Gasteiger partial charge in [-0.05, 0) is 74.0 Å². The number of aromatic amines is 1. The van der Waals surface area contributed by atoms with Gasteiger partial charge in [-0.2, -0.15) is 10.2 Å². The number of hydrogen-bond donors (Lipinski definition) is 1. The van der Waals surface area contributed by atoms with Gasteiger partial charge in [0.25, 0.3) is 0 Å². The predicted molar refractivity (Wildman–Crippen MR) is 105 cm³/mol. The minimum atomic E-state index is 0.789. The van der Waals surface area contributed by atoms with Crippen molar-refractivity contribution in [2.75, 3.05) is 32.8 Å². The van der Waals surface area contributed by atoms with Crippen molar-refractivity contribution in [2.45, 2.75) is 32.1 Å². The summed E-state index contributed by atoms with van der Waals surface area (Å²) in [6.45, 7) is 5.87. The van der Waals surface area contributed by atoms with E-state index < -0.39 is 0 Å². The first kappa shape index (κ1) is 17.4. The molecule has 2 saturated heterocycles. The standard InChI is InChI=1S/C22H30N4O/c1-2-22(18-3-6-23-12-18)25-24-21(1)11-17-9-19-14-26(15-20(19)10-17)13-16-4-7-27-8-5-16/h1-3,6,12,16-17,19-20,23H,4-5,7-11,13-15H2/t17?,19-,20+. The van der Waals surface area contributed by atoms with Crippen molar-refractivity contribution in [3.8, 4) is 11.3 Å². The number of aromatic nitrogens is 3. The second kappa shape index (κ2) is 7.72. The van der Waals surface area contributed by atoms with Gasteiger partial charge in [-0.3, -0.25) is 0 Å². The number of fused-ring (bicyclic) bond motifs is 1. The summed E-state index contributed by atoms with van der Waals surface area (Å²) in [5.74, 6) is 3.46. The third-order valence-electron chi connectivity index (χ3n) is 6.89. The molecule has 0 radical (unpaired) electrons. The molecule has 1 saturated carbocycles. The first-order valence-electron chi connectivity index (χ1n) is 10.6. The molecule has 1 N–H and O–H groups in total. The first-order chi connectivity index (χ1) is 13.3. The molecule has 2 aliphatic heterocycles. The van der Waals surface area contributed by atoms with Gasteiger partial charge in [-0.15, -0.1) is 0 Å². The molecule has 0 spiro atoms. The van der Waals surface area contributed by atoms with Crippen LogP contribution in [-0.2, 0) is 11.2 Å². The second-order valence-corrected chi connectivity index (χ2v) is 8.85. The summed E-state index contributed by atoms with van der Waals surface area (Å²) in [6, 6.07) is 6.31. The van der Waals surface area contributed by atoms with Crippen LogP contribution >= 0.6 is 0 Å². The van der Waals surface area contributed by atoms with Crippen LogP contribution in [-0.4, -0.2) is 52.9 Å². The Labute approximate surface area is 161 Å². The lowest BCUT2D eigenvalue weighted by molar-refractivity contribution is 0.0544. The lowest BCUT2D eigenvalue weighted by Crippen LogP contribution is -2.31. The van der Waals surface area contributed by atoms with E-state index in [9.17, 15) is 0 Å². The average Bonchev–Trinajstić information content (AvgIpc) is 3.40. The van der Waals surface area contributed by atoms with Crippen molar-refractivity contribution in [3.05, 3.63) is 36.3 Å². The van der Waals surface area contributed by atoms with Crippen molar-refractivity contribution in [1.29, 1.82) is 0 Å². The van der Waals surface area contributed by atoms with E-state index >= 15 is 0 Å². The van der Waals surface area contributed by atoms with Crippen LogP contribution in [0.2, 0.25) is 0 Å². The zero-order valence-electron chi connectivity index (χ0n) is 16.0. The summed E-state index contributed by atoms with van der Waals surface area (Å²) in [6.07, 6.45) is 10.2. The quantitative estimate of drug-likeness (QED) is 0.881. The van der Waals surface area contributed by atoms with Gasteiger partial charge in [-0.25, -0.2) is 0 Å². The molecule has 3 atom stereocenters. The lowest BCUT2D eigenvalue weighted by Gasteiger charge is -2.27. The van der Waals surface area contributed by atoms with Crippen molar-refractivity contribution in [3.63, 3.8) is 0 Å². The van der Waals surface area contributed by atoms with Crippen LogP contribution in [0.15, 0.2) is 30.6 Å². The highest BCUT2D eigenvalue weighted by molar-refractivity contribution is 5.57. The van der Waals surface area contributed by atoms with Gasteiger partial charge >= 0.3 is 0 Å². The summed E-state index contributed by atoms with van der Waals surface area (Å²) in [7, 11) is 0. The maximum Gasteiger partial charge on any atom is 0.0945 e. The zero-order valence-corrected chi connectivity index (χ0v) is 16.0. The fraction of sp³-hybridized carbons (Fsp3) is 0.636. The molecule has 4 heterocycles. The van der Waals surface area contributed by atoms with Crippen LogP contribution in [0.3, 0.4) is 0 Å². The number of nitrogens with zero attached hydrogens (tertiary/aromatic N) is 3. The summed E-state index contributed by atoms with van der Waals surface area (Å²) in [5.41, 5.74) is 3.21. The Hall–Kier alpha value is -1.72. The Morgan fingerprint density at radius 3 is 2.48 bits per heavy atom. The van der Waals surface area contributed by atoms with Crippen molar-refractivity contribution in [1.82, 2.24) is 20.1 Å². The molecule has 5 nitrogen and oxygen atoms in total. The molecule has 144 valence electrons. The van der Waals surface area contributed by atoms with Gasteiger partial charge in [0.05, 0.1) is 11.4 Å². The Morgan fingerprint density at radius 1 is 1.00 bits per heavy atom. The van der Waals surface area contributed by atoms with Crippen LogP contribution in [0.4, 0.5) is 0 Å². The SMILES string of the molecule is c1cc(-c2ccc(CC3C[C@@H]4CN(CC5CCOCC5)C[C@@H]4C3)nn2)c[nH]1. The van der Waals surface area contributed by atoms with Gasteiger partial charge in [0.1, 0.15) is 0 Å². The normalized spacial score (nSPS) is 29.3. The van der Waals surface area contributed by atoms with E-state index in [1.807, 2.05) is 18.5 Å². The maximum absolute atomic E-state index is 5.51. The molecule has 0 amide bonds. The fourth-order valence-corrected chi connectivity index (χ4v) is 5.53. The van der Waals surface area contributed by atoms with E-state index in [-0.39, 0.29) is 0 Å². The zero-order chi connectivity index (χ0) is 18.1. The number of hydrogen-bond acceptors (Lipinski definition) is 4. The number of likely N-dealkylation sites (tertiary alicyclic amines) is 1. The van der Waals surface area contributed by atoms with E-state index in [0.717, 1.165) is 60.3 Å². The van der Waals surface area contributed by atoms with E-state index in [1.165, 1.54) is 45.3 Å². The Kier molecular flexibility index (Phi) is 4.97. The second-order valence-electron chi connectivity index (χ2n) is 8.85. The van der Waals surface area contributed by atoms with E-state index in [1.54, 1.807) is 0 Å². The van der Waals surface area contributed by atoms with Crippen molar-refractivity contribution in [2.24, 2.45) is 23.7 Å². The topological polar surface area (TPSA) is 54.0 Å². The van der Waals surface area contributed by atoms with Crippen LogP contribution in [0.25, 0.3) is 11.3 Å². The third-order valence-corrected chi connectivity index (χ3v) is 6.89. The predicted octanol–water partition coefficient (Wildman–Crippen LogP) is 3.40. The molecule has 27 heavy (non-hydrogen) atoms. The van der Waals surface area contributed by atoms with Crippen molar-refractivity contribution >= 4 is 0 Å². The van der Waals surface area contributed by atoms with Gasteiger partial charge < -0.3 is 14.6 Å². The maximum atomic E-state index is 5.51. The summed E-state index contributed by atoms with van der Waals surface area (Å²) in [5, 5.41) is 8.92. The lowest BCUT2D eigenvalue weighted by atomic mass is 9.98. The first-order valence-corrected chi connectivity index (χ1v) is 10.6. The summed E-state index contributed by atoms with van der Waals surface area (Å²) in [4.78, 5) is 5.82. The fourth-order valence-electron chi connectivity index (χ4n) is 5.53. The molecule has 3 aliphatic rings. The summed E-state index contributed by atoms with van der Waals surface area (Å²) >= 11 is 0. The van der Waals surface area contributed by atoms with Crippen LogP contribution < -0.4 is 0 Å². The highest BCUT2D eigenvalue weighted by Crippen LogP contribution is 2.43. The molecule has 5 rings (SSSR count). The molecule has 0 bridgehead atoms. The molecule has 0 aromatic carbocycles. The minimum absolute atomic E-state index is 0.789. The number of H-pyrrole nitrogens is 1. The smallest absolute Gasteiger partial charge is 0.0945 e. The van der Waals surface area contributed by atoms with Crippen LogP contribution in [0, 0.1) is 23.7 Å².